The minimum atomic E-state index is -0.648. The maximum absolute atomic E-state index is 13.6. The highest BCUT2D eigenvalue weighted by Crippen LogP contribution is 2.37. The largest absolute Gasteiger partial charge is 0.388 e. The van der Waals surface area contributed by atoms with Crippen molar-refractivity contribution < 1.29 is 9.50 Å². The third-order valence-electron chi connectivity index (χ3n) is 2.94. The first kappa shape index (κ1) is 11.0. The van der Waals surface area contributed by atoms with Gasteiger partial charge in [0.2, 0.25) is 0 Å². The summed E-state index contributed by atoms with van der Waals surface area (Å²) in [6.07, 6.45) is -0.0113. The zero-order valence-corrected chi connectivity index (χ0v) is 9.77. The monoisotopic (exact) mass is 226 g/mol. The molecule has 1 heterocycles. The first-order chi connectivity index (χ1) is 7.09. The molecule has 2 rings (SSSR count). The molecule has 0 aliphatic carbocycles. The predicted molar refractivity (Wildman–Crippen MR) is 61.5 cm³/mol. The van der Waals surface area contributed by atoms with Crippen LogP contribution in [0.3, 0.4) is 0 Å². The molecular formula is C12H15FOS. The van der Waals surface area contributed by atoms with Gasteiger partial charge in [0.15, 0.2) is 0 Å². The maximum Gasteiger partial charge on any atom is 0.129 e. The van der Waals surface area contributed by atoms with E-state index in [2.05, 4.69) is 6.92 Å². The summed E-state index contributed by atoms with van der Waals surface area (Å²) in [5, 5.41) is 10.3. The molecule has 0 amide bonds. The summed E-state index contributed by atoms with van der Waals surface area (Å²) >= 11 is 1.78. The second kappa shape index (κ2) is 4.14. The molecule has 82 valence electrons. The van der Waals surface area contributed by atoms with Gasteiger partial charge in [-0.1, -0.05) is 13.0 Å². The van der Waals surface area contributed by atoms with E-state index >= 15 is 0 Å². The van der Waals surface area contributed by atoms with E-state index in [0.29, 0.717) is 17.2 Å². The molecule has 1 nitrogen and oxygen atoms in total. The van der Waals surface area contributed by atoms with E-state index in [1.807, 2.05) is 6.92 Å². The van der Waals surface area contributed by atoms with Crippen LogP contribution in [-0.4, -0.2) is 10.4 Å². The van der Waals surface area contributed by atoms with Crippen molar-refractivity contribution in [2.45, 2.75) is 37.4 Å². The Labute approximate surface area is 93.7 Å². The van der Waals surface area contributed by atoms with Crippen molar-refractivity contribution in [3.63, 3.8) is 0 Å². The van der Waals surface area contributed by atoms with Gasteiger partial charge in [-0.05, 0) is 30.5 Å². The summed E-state index contributed by atoms with van der Waals surface area (Å²) in [5.41, 5.74) is 2.58. The number of halogens is 1. The first-order valence-electron chi connectivity index (χ1n) is 5.17. The zero-order valence-electron chi connectivity index (χ0n) is 8.96. The van der Waals surface area contributed by atoms with Crippen molar-refractivity contribution in [1.82, 2.24) is 0 Å². The minimum Gasteiger partial charge on any atom is -0.388 e. The molecule has 1 unspecified atom stereocenters. The Kier molecular flexibility index (Phi) is 3.03. The lowest BCUT2D eigenvalue weighted by molar-refractivity contribution is 0.163. The topological polar surface area (TPSA) is 20.2 Å². The van der Waals surface area contributed by atoms with Gasteiger partial charge in [0.05, 0.1) is 6.10 Å². The summed E-state index contributed by atoms with van der Waals surface area (Å²) in [6, 6.07) is 3.25. The second-order valence-electron chi connectivity index (χ2n) is 4.13. The van der Waals surface area contributed by atoms with Crippen LogP contribution in [0.25, 0.3) is 0 Å². The van der Waals surface area contributed by atoms with Crippen molar-refractivity contribution in [2.24, 2.45) is 0 Å². The smallest absolute Gasteiger partial charge is 0.129 e. The van der Waals surface area contributed by atoms with Gasteiger partial charge >= 0.3 is 0 Å². The Morgan fingerprint density at radius 3 is 2.93 bits per heavy atom. The van der Waals surface area contributed by atoms with Crippen molar-refractivity contribution in [3.05, 3.63) is 34.6 Å². The molecule has 2 atom stereocenters. The fraction of sp³-hybridized carbons (Fsp3) is 0.500. The van der Waals surface area contributed by atoms with Crippen LogP contribution < -0.4 is 0 Å². The Balaban J connectivity index is 2.52. The van der Waals surface area contributed by atoms with Crippen LogP contribution in [-0.2, 0) is 5.75 Å². The standard InChI is InChI=1S/C12H15FOS/c1-7-3-4-10(13)12-9(7)6-15-8(2)5-11(12)14/h3-4,8,11,14H,5-6H2,1-2H3/t8?,11-/m1/s1. The van der Waals surface area contributed by atoms with Gasteiger partial charge < -0.3 is 5.11 Å². The van der Waals surface area contributed by atoms with E-state index in [1.54, 1.807) is 17.8 Å². The van der Waals surface area contributed by atoms with E-state index in [9.17, 15) is 9.50 Å². The summed E-state index contributed by atoms with van der Waals surface area (Å²) in [6.45, 7) is 4.05. The van der Waals surface area contributed by atoms with E-state index in [4.69, 9.17) is 0 Å². The Morgan fingerprint density at radius 2 is 2.20 bits per heavy atom. The van der Waals surface area contributed by atoms with Crippen LogP contribution in [0.5, 0.6) is 0 Å². The number of aliphatic hydroxyl groups excluding tert-OH is 1. The number of hydrogen-bond donors (Lipinski definition) is 1. The van der Waals surface area contributed by atoms with Crippen LogP contribution in [0.15, 0.2) is 12.1 Å². The number of aliphatic hydroxyl groups is 1. The SMILES string of the molecule is Cc1ccc(F)c2c1CSC(C)C[C@H]2O. The molecule has 1 aromatic rings. The predicted octanol–water partition coefficient (Wildman–Crippen LogP) is 3.19. The lowest BCUT2D eigenvalue weighted by Gasteiger charge is -2.14. The van der Waals surface area contributed by atoms with Gasteiger partial charge in [-0.15, -0.1) is 0 Å². The van der Waals surface area contributed by atoms with Crippen LogP contribution in [0.2, 0.25) is 0 Å². The molecule has 0 fully saturated rings. The highest BCUT2D eigenvalue weighted by atomic mass is 32.2. The molecule has 0 aromatic heterocycles. The van der Waals surface area contributed by atoms with E-state index in [0.717, 1.165) is 16.9 Å². The summed E-state index contributed by atoms with van der Waals surface area (Å²) in [5.74, 6) is 0.537. The van der Waals surface area contributed by atoms with Crippen molar-refractivity contribution in [2.75, 3.05) is 0 Å². The third kappa shape index (κ3) is 2.04. The van der Waals surface area contributed by atoms with Gasteiger partial charge in [-0.25, -0.2) is 4.39 Å². The highest BCUT2D eigenvalue weighted by Gasteiger charge is 2.24. The Hall–Kier alpha value is -0.540. The van der Waals surface area contributed by atoms with Gasteiger partial charge in [0.25, 0.3) is 0 Å². The average Bonchev–Trinajstić information content (AvgIpc) is 2.32. The average molecular weight is 226 g/mol. The molecule has 0 spiro atoms. The van der Waals surface area contributed by atoms with Gasteiger partial charge in [-0.3, -0.25) is 0 Å². The van der Waals surface area contributed by atoms with E-state index in [1.165, 1.54) is 6.07 Å². The number of fused-ring (bicyclic) bond motifs is 1. The van der Waals surface area contributed by atoms with E-state index in [-0.39, 0.29) is 5.82 Å². The fourth-order valence-electron chi connectivity index (χ4n) is 2.02. The molecule has 3 heteroatoms. The quantitative estimate of drug-likeness (QED) is 0.733. The van der Waals surface area contributed by atoms with Gasteiger partial charge in [0, 0.05) is 16.6 Å². The normalized spacial score (nSPS) is 25.9. The van der Waals surface area contributed by atoms with Crippen molar-refractivity contribution in [1.29, 1.82) is 0 Å². The number of thioether (sulfide) groups is 1. The number of aryl methyl sites for hydroxylation is 1. The van der Waals surface area contributed by atoms with Gasteiger partial charge in [-0.2, -0.15) is 11.8 Å². The molecule has 0 saturated carbocycles. The lowest BCUT2D eigenvalue weighted by atomic mass is 9.96. The van der Waals surface area contributed by atoms with Crippen molar-refractivity contribution >= 4 is 11.8 Å². The second-order valence-corrected chi connectivity index (χ2v) is 5.56. The zero-order chi connectivity index (χ0) is 11.0. The third-order valence-corrected chi connectivity index (χ3v) is 4.16. The molecular weight excluding hydrogens is 211 g/mol. The van der Waals surface area contributed by atoms with Gasteiger partial charge in [0.1, 0.15) is 5.82 Å². The fourth-order valence-corrected chi connectivity index (χ4v) is 3.18. The summed E-state index contributed by atoms with van der Waals surface area (Å²) in [7, 11) is 0. The molecule has 15 heavy (non-hydrogen) atoms. The maximum atomic E-state index is 13.6. The van der Waals surface area contributed by atoms with Crippen LogP contribution in [0.1, 0.15) is 36.1 Å². The highest BCUT2D eigenvalue weighted by molar-refractivity contribution is 7.99. The molecule has 1 N–H and O–H groups in total. The van der Waals surface area contributed by atoms with Crippen LogP contribution >= 0.6 is 11.8 Å². The van der Waals surface area contributed by atoms with E-state index < -0.39 is 6.10 Å². The molecule has 1 aromatic carbocycles. The lowest BCUT2D eigenvalue weighted by Crippen LogP contribution is -2.06. The number of hydrogen-bond acceptors (Lipinski definition) is 2. The molecule has 0 saturated heterocycles. The molecule has 1 aliphatic rings. The van der Waals surface area contributed by atoms with Crippen LogP contribution in [0.4, 0.5) is 4.39 Å². The van der Waals surface area contributed by atoms with Crippen molar-refractivity contribution in [3.8, 4) is 0 Å². The molecule has 0 bridgehead atoms. The Bertz CT molecular complexity index is 378. The Morgan fingerprint density at radius 1 is 1.47 bits per heavy atom. The van der Waals surface area contributed by atoms with Crippen LogP contribution in [0, 0.1) is 12.7 Å². The number of benzene rings is 1. The number of rotatable bonds is 0. The molecule has 0 radical (unpaired) electrons. The minimum absolute atomic E-state index is 0.266. The molecule has 1 aliphatic heterocycles. The summed E-state index contributed by atoms with van der Waals surface area (Å²) in [4.78, 5) is 0. The first-order valence-corrected chi connectivity index (χ1v) is 6.22. The summed E-state index contributed by atoms with van der Waals surface area (Å²) < 4.78 is 13.6.